The Morgan fingerprint density at radius 2 is 2.22 bits per heavy atom. The Hall–Kier alpha value is -1.13. The van der Waals surface area contributed by atoms with Gasteiger partial charge >= 0.3 is 0 Å². The van der Waals surface area contributed by atoms with Gasteiger partial charge in [-0.15, -0.1) is 21.5 Å². The second kappa shape index (κ2) is 6.45. The SMILES string of the molecule is CC(C)CCSc1nnc2n1-c1sc3c(c1C1NCNN21)CC(C)(C)OC3. The first-order valence-corrected chi connectivity index (χ1v) is 11.4. The van der Waals surface area contributed by atoms with Crippen LogP contribution in [-0.2, 0) is 17.8 Å². The summed E-state index contributed by atoms with van der Waals surface area (Å²) in [4.78, 5) is 1.34. The molecule has 3 aliphatic heterocycles. The number of ether oxygens (including phenoxy) is 1. The number of hydrazine groups is 1. The maximum Gasteiger partial charge on any atom is 0.249 e. The number of hydrogen-bond donors (Lipinski definition) is 2. The van der Waals surface area contributed by atoms with Crippen molar-refractivity contribution in [1.29, 1.82) is 0 Å². The highest BCUT2D eigenvalue weighted by molar-refractivity contribution is 7.99. The van der Waals surface area contributed by atoms with Gasteiger partial charge in [0.15, 0.2) is 5.16 Å². The summed E-state index contributed by atoms with van der Waals surface area (Å²) in [6, 6.07) is 0. The van der Waals surface area contributed by atoms with Crippen molar-refractivity contribution >= 4 is 29.0 Å². The molecule has 0 aromatic carbocycles. The van der Waals surface area contributed by atoms with Crippen molar-refractivity contribution in [2.24, 2.45) is 5.92 Å². The van der Waals surface area contributed by atoms with Gasteiger partial charge in [0.2, 0.25) is 5.95 Å². The second-order valence-corrected chi connectivity index (χ2v) is 10.6. The van der Waals surface area contributed by atoms with Gasteiger partial charge in [0.25, 0.3) is 0 Å². The topological polar surface area (TPSA) is 67.2 Å². The van der Waals surface area contributed by atoms with E-state index in [4.69, 9.17) is 4.74 Å². The number of fused-ring (bicyclic) bond motifs is 8. The molecule has 0 saturated carbocycles. The zero-order chi connectivity index (χ0) is 18.8. The highest BCUT2D eigenvalue weighted by atomic mass is 32.2. The first-order chi connectivity index (χ1) is 12.9. The number of aromatic nitrogens is 3. The molecule has 0 spiro atoms. The minimum atomic E-state index is -0.124. The van der Waals surface area contributed by atoms with Crippen LogP contribution < -0.4 is 15.8 Å². The van der Waals surface area contributed by atoms with E-state index in [2.05, 4.69) is 58.2 Å². The van der Waals surface area contributed by atoms with Crippen molar-refractivity contribution in [3.05, 3.63) is 16.0 Å². The van der Waals surface area contributed by atoms with Crippen LogP contribution in [0.25, 0.3) is 5.00 Å². The zero-order valence-corrected chi connectivity index (χ0v) is 17.8. The van der Waals surface area contributed by atoms with E-state index in [1.807, 2.05) is 11.3 Å². The van der Waals surface area contributed by atoms with Crippen molar-refractivity contribution < 1.29 is 4.74 Å². The summed E-state index contributed by atoms with van der Waals surface area (Å²) in [6.45, 7) is 10.3. The van der Waals surface area contributed by atoms with Crippen LogP contribution in [0, 0.1) is 5.92 Å². The van der Waals surface area contributed by atoms with E-state index in [0.29, 0.717) is 12.5 Å². The molecule has 7 nitrogen and oxygen atoms in total. The third-order valence-electron chi connectivity index (χ3n) is 5.35. The molecule has 27 heavy (non-hydrogen) atoms. The molecule has 1 saturated heterocycles. The van der Waals surface area contributed by atoms with Gasteiger partial charge in [-0.05, 0) is 31.7 Å². The van der Waals surface area contributed by atoms with Crippen molar-refractivity contribution in [2.45, 2.75) is 64.1 Å². The average molecular weight is 407 g/mol. The number of anilines is 1. The number of rotatable bonds is 4. The summed E-state index contributed by atoms with van der Waals surface area (Å²) in [5.41, 5.74) is 6.11. The minimum absolute atomic E-state index is 0.110. The molecule has 1 unspecified atom stereocenters. The molecule has 1 atom stereocenters. The van der Waals surface area contributed by atoms with Crippen LogP contribution in [0.5, 0.6) is 0 Å². The number of thiophene rings is 1. The molecule has 0 amide bonds. The Kier molecular flexibility index (Phi) is 4.28. The van der Waals surface area contributed by atoms with E-state index >= 15 is 0 Å². The molecule has 5 heterocycles. The Bertz CT molecular complexity index is 874. The predicted octanol–water partition coefficient (Wildman–Crippen LogP) is 3.20. The molecule has 2 aromatic heterocycles. The second-order valence-electron chi connectivity index (χ2n) is 8.41. The van der Waals surface area contributed by atoms with E-state index in [1.165, 1.54) is 27.4 Å². The van der Waals surface area contributed by atoms with Crippen LogP contribution in [0.3, 0.4) is 0 Å². The van der Waals surface area contributed by atoms with Gasteiger partial charge < -0.3 is 4.74 Å². The van der Waals surface area contributed by atoms with Gasteiger partial charge in [0.05, 0.1) is 18.9 Å². The molecule has 2 N–H and O–H groups in total. The monoisotopic (exact) mass is 406 g/mol. The lowest BCUT2D eigenvalue weighted by atomic mass is 9.92. The molecule has 0 bridgehead atoms. The Balaban J connectivity index is 1.60. The zero-order valence-electron chi connectivity index (χ0n) is 16.2. The molecule has 3 aliphatic rings. The van der Waals surface area contributed by atoms with Crippen molar-refractivity contribution in [2.75, 3.05) is 17.4 Å². The van der Waals surface area contributed by atoms with E-state index in [1.54, 1.807) is 11.8 Å². The van der Waals surface area contributed by atoms with Crippen molar-refractivity contribution in [3.63, 3.8) is 0 Å². The molecule has 9 heteroatoms. The summed E-state index contributed by atoms with van der Waals surface area (Å²) in [6.07, 6.45) is 2.22. The fourth-order valence-electron chi connectivity index (χ4n) is 3.91. The lowest BCUT2D eigenvalue weighted by Crippen LogP contribution is -2.40. The largest absolute Gasteiger partial charge is 0.370 e. The Morgan fingerprint density at radius 1 is 1.37 bits per heavy atom. The van der Waals surface area contributed by atoms with E-state index in [-0.39, 0.29) is 11.8 Å². The molecule has 5 rings (SSSR count). The van der Waals surface area contributed by atoms with Crippen LogP contribution in [0.2, 0.25) is 0 Å². The minimum Gasteiger partial charge on any atom is -0.370 e. The quantitative estimate of drug-likeness (QED) is 0.756. The van der Waals surface area contributed by atoms with Gasteiger partial charge in [-0.3, -0.25) is 10.3 Å². The van der Waals surface area contributed by atoms with Gasteiger partial charge in [-0.1, -0.05) is 25.6 Å². The molecule has 0 aliphatic carbocycles. The highest BCUT2D eigenvalue weighted by Crippen LogP contribution is 2.48. The van der Waals surface area contributed by atoms with Crippen LogP contribution in [0.15, 0.2) is 5.16 Å². The van der Waals surface area contributed by atoms with Crippen LogP contribution >= 0.6 is 23.1 Å². The highest BCUT2D eigenvalue weighted by Gasteiger charge is 2.43. The molecule has 1 fully saturated rings. The predicted molar refractivity (Wildman–Crippen MR) is 108 cm³/mol. The van der Waals surface area contributed by atoms with Gasteiger partial charge in [0.1, 0.15) is 11.2 Å². The number of thioether (sulfide) groups is 1. The number of nitrogens with one attached hydrogen (secondary N) is 2. The van der Waals surface area contributed by atoms with Crippen molar-refractivity contribution in [1.82, 2.24) is 25.5 Å². The summed E-state index contributed by atoms with van der Waals surface area (Å²) >= 11 is 3.64. The first-order valence-electron chi connectivity index (χ1n) is 9.58. The maximum atomic E-state index is 6.09. The Morgan fingerprint density at radius 3 is 3.04 bits per heavy atom. The normalized spacial score (nSPS) is 22.6. The molecular weight excluding hydrogens is 380 g/mol. The first kappa shape index (κ1) is 17.9. The number of hydrogen-bond acceptors (Lipinski definition) is 8. The molecule has 2 aromatic rings. The third-order valence-corrected chi connectivity index (χ3v) is 7.51. The van der Waals surface area contributed by atoms with Crippen LogP contribution in [-0.4, -0.2) is 32.8 Å². The summed E-state index contributed by atoms with van der Waals surface area (Å²) < 4.78 is 8.33. The Labute approximate surface area is 167 Å². The van der Waals surface area contributed by atoms with Crippen LogP contribution in [0.1, 0.15) is 56.3 Å². The van der Waals surface area contributed by atoms with Gasteiger partial charge in [-0.2, -0.15) is 0 Å². The smallest absolute Gasteiger partial charge is 0.249 e. The summed E-state index contributed by atoms with van der Waals surface area (Å²) in [5, 5.41) is 17.0. The van der Waals surface area contributed by atoms with Gasteiger partial charge in [0, 0.05) is 22.6 Å². The van der Waals surface area contributed by atoms with E-state index < -0.39 is 0 Å². The molecule has 0 radical (unpaired) electrons. The van der Waals surface area contributed by atoms with Crippen LogP contribution in [0.4, 0.5) is 5.95 Å². The third kappa shape index (κ3) is 2.91. The van der Waals surface area contributed by atoms with E-state index in [0.717, 1.165) is 29.9 Å². The lowest BCUT2D eigenvalue weighted by Gasteiger charge is -2.34. The lowest BCUT2D eigenvalue weighted by molar-refractivity contribution is -0.0385. The molecule has 146 valence electrons. The fraction of sp³-hybridized carbons (Fsp3) is 0.667. The van der Waals surface area contributed by atoms with Crippen molar-refractivity contribution in [3.8, 4) is 5.00 Å². The fourth-order valence-corrected chi connectivity index (χ4v) is 6.40. The average Bonchev–Trinajstić information content (AvgIpc) is 3.29. The van der Waals surface area contributed by atoms with E-state index in [9.17, 15) is 0 Å². The molecular formula is C18H26N6OS2. The number of nitrogens with zero attached hydrogens (tertiary/aromatic N) is 4. The standard InChI is InChI=1S/C18H26N6OS2/c1-10(2)5-6-26-17-22-21-16-23(17)15-13(14-19-9-20-24(14)16)11-7-18(3,4)25-8-12(11)27-15/h10,14,19-20H,5-9H2,1-4H3. The summed E-state index contributed by atoms with van der Waals surface area (Å²) in [5.74, 6) is 2.63. The van der Waals surface area contributed by atoms with Gasteiger partial charge in [-0.25, -0.2) is 9.99 Å². The maximum absolute atomic E-state index is 6.09. The summed E-state index contributed by atoms with van der Waals surface area (Å²) in [7, 11) is 0.